The van der Waals surface area contributed by atoms with E-state index in [4.69, 9.17) is 4.74 Å². The molecule has 2 rings (SSSR count). The van der Waals surface area contributed by atoms with E-state index in [-0.39, 0.29) is 11.4 Å². The summed E-state index contributed by atoms with van der Waals surface area (Å²) in [5.41, 5.74) is -2.29. The Bertz CT molecular complexity index is 801. The topological polar surface area (TPSA) is 99.3 Å². The minimum atomic E-state index is -4.67. The maximum absolute atomic E-state index is 12.7. The van der Waals surface area contributed by atoms with E-state index in [1.165, 1.54) is 19.2 Å². The Morgan fingerprint density at radius 2 is 2.04 bits per heavy atom. The van der Waals surface area contributed by atoms with E-state index >= 15 is 0 Å². The summed E-state index contributed by atoms with van der Waals surface area (Å²) in [6.07, 6.45) is -4.67. The fourth-order valence-corrected chi connectivity index (χ4v) is 1.93. The molecule has 0 radical (unpaired) electrons. The molecule has 0 spiro atoms. The second kappa shape index (κ2) is 6.18. The Morgan fingerprint density at radius 1 is 1.38 bits per heavy atom. The first-order chi connectivity index (χ1) is 11.1. The van der Waals surface area contributed by atoms with Crippen LogP contribution in [0, 0.1) is 10.1 Å². The number of carbonyl (C=O) groups is 1. The number of aryl methyl sites for hydroxylation is 1. The van der Waals surface area contributed by atoms with Crippen LogP contribution in [0.3, 0.4) is 0 Å². The monoisotopic (exact) mass is 344 g/mol. The smallest absolute Gasteiger partial charge is 0.433 e. The normalized spacial score (nSPS) is 11.2. The lowest BCUT2D eigenvalue weighted by Crippen LogP contribution is -2.14. The van der Waals surface area contributed by atoms with Crippen molar-refractivity contribution >= 4 is 17.3 Å². The fraction of sp³-hybridized carbons (Fsp3) is 0.231. The van der Waals surface area contributed by atoms with Crippen molar-refractivity contribution in [3.63, 3.8) is 0 Å². The van der Waals surface area contributed by atoms with Gasteiger partial charge in [0.25, 0.3) is 11.6 Å². The zero-order valence-electron chi connectivity index (χ0n) is 12.4. The molecule has 0 aliphatic rings. The van der Waals surface area contributed by atoms with Gasteiger partial charge in [-0.05, 0) is 12.1 Å². The molecule has 8 nitrogen and oxygen atoms in total. The van der Waals surface area contributed by atoms with Gasteiger partial charge in [-0.1, -0.05) is 0 Å². The summed E-state index contributed by atoms with van der Waals surface area (Å²) in [7, 11) is 2.35. The number of nitrogens with zero attached hydrogens (tertiary/aromatic N) is 3. The zero-order valence-corrected chi connectivity index (χ0v) is 12.4. The van der Waals surface area contributed by atoms with Gasteiger partial charge < -0.3 is 10.1 Å². The van der Waals surface area contributed by atoms with Crippen LogP contribution in [0.1, 0.15) is 16.2 Å². The summed E-state index contributed by atoms with van der Waals surface area (Å²) < 4.78 is 43.5. The number of carbonyl (C=O) groups excluding carboxylic acids is 1. The Morgan fingerprint density at radius 3 is 2.54 bits per heavy atom. The van der Waals surface area contributed by atoms with E-state index < -0.39 is 34.1 Å². The summed E-state index contributed by atoms with van der Waals surface area (Å²) in [5, 5.41) is 16.7. The number of nitro benzene ring substituents is 1. The molecule has 1 heterocycles. The molecule has 0 saturated carbocycles. The molecule has 0 unspecified atom stereocenters. The molecule has 2 aromatic rings. The van der Waals surface area contributed by atoms with Gasteiger partial charge in [0.1, 0.15) is 17.1 Å². The predicted octanol–water partition coefficient (Wildman–Crippen LogP) is 2.61. The van der Waals surface area contributed by atoms with Gasteiger partial charge in [-0.25, -0.2) is 0 Å². The van der Waals surface area contributed by atoms with Gasteiger partial charge in [-0.2, -0.15) is 18.3 Å². The quantitative estimate of drug-likeness (QED) is 0.679. The highest BCUT2D eigenvalue weighted by atomic mass is 19.4. The highest BCUT2D eigenvalue weighted by molar-refractivity contribution is 6.04. The van der Waals surface area contributed by atoms with Crippen LogP contribution >= 0.6 is 0 Å². The van der Waals surface area contributed by atoms with Crippen molar-refractivity contribution < 1.29 is 27.6 Å². The number of hydrogen-bond acceptors (Lipinski definition) is 5. The Labute approximate surface area is 133 Å². The van der Waals surface area contributed by atoms with Crippen LogP contribution in [0.4, 0.5) is 24.5 Å². The van der Waals surface area contributed by atoms with Crippen molar-refractivity contribution in [2.75, 3.05) is 12.4 Å². The number of nitrogens with one attached hydrogen (secondary N) is 1. The molecule has 0 aliphatic carbocycles. The molecule has 0 bridgehead atoms. The highest BCUT2D eigenvalue weighted by Crippen LogP contribution is 2.31. The SMILES string of the molecule is COc1ccc(NC(=O)c2cc(C(F)(F)F)n(C)n2)c([N+](=O)[O-])c1. The lowest BCUT2D eigenvalue weighted by molar-refractivity contribution is -0.384. The molecule has 24 heavy (non-hydrogen) atoms. The van der Waals surface area contributed by atoms with Gasteiger partial charge in [0.15, 0.2) is 5.69 Å². The number of benzene rings is 1. The summed E-state index contributed by atoms with van der Waals surface area (Å²) in [6, 6.07) is 4.21. The number of anilines is 1. The number of hydrogen-bond donors (Lipinski definition) is 1. The average Bonchev–Trinajstić information content (AvgIpc) is 2.89. The van der Waals surface area contributed by atoms with Crippen LogP contribution in [0.2, 0.25) is 0 Å². The molecule has 0 saturated heterocycles. The van der Waals surface area contributed by atoms with Gasteiger partial charge in [-0.15, -0.1) is 0 Å². The summed E-state index contributed by atoms with van der Waals surface area (Å²) >= 11 is 0. The van der Waals surface area contributed by atoms with E-state index in [9.17, 15) is 28.1 Å². The Balaban J connectivity index is 2.32. The highest BCUT2D eigenvalue weighted by Gasteiger charge is 2.35. The number of nitro groups is 1. The first-order valence-electron chi connectivity index (χ1n) is 6.38. The van der Waals surface area contributed by atoms with Gasteiger partial charge in [-0.3, -0.25) is 19.6 Å². The van der Waals surface area contributed by atoms with Gasteiger partial charge >= 0.3 is 6.18 Å². The number of amides is 1. The molecule has 11 heteroatoms. The number of ether oxygens (including phenoxy) is 1. The van der Waals surface area contributed by atoms with Crippen molar-refractivity contribution in [1.82, 2.24) is 9.78 Å². The summed E-state index contributed by atoms with van der Waals surface area (Å²) in [4.78, 5) is 22.3. The van der Waals surface area contributed by atoms with Crippen molar-refractivity contribution in [2.45, 2.75) is 6.18 Å². The standard InChI is InChI=1S/C13H11F3N4O4/c1-19-11(13(14,15)16)6-9(18-19)12(21)17-8-4-3-7(24-2)5-10(8)20(22)23/h3-6H,1-2H3,(H,17,21). The lowest BCUT2D eigenvalue weighted by atomic mass is 10.2. The third-order valence-corrected chi connectivity index (χ3v) is 3.05. The van der Waals surface area contributed by atoms with Crippen LogP contribution in [-0.4, -0.2) is 27.7 Å². The van der Waals surface area contributed by atoms with E-state index in [0.717, 1.165) is 13.1 Å². The molecule has 1 aromatic heterocycles. The minimum absolute atomic E-state index is 0.190. The molecule has 1 aromatic carbocycles. The average molecular weight is 344 g/mol. The summed E-state index contributed by atoms with van der Waals surface area (Å²) in [6.45, 7) is 0. The van der Waals surface area contributed by atoms with Gasteiger partial charge in [0.05, 0.1) is 18.1 Å². The zero-order chi connectivity index (χ0) is 18.1. The molecule has 1 N–H and O–H groups in total. The Hall–Kier alpha value is -3.11. The molecular weight excluding hydrogens is 333 g/mol. The molecule has 128 valence electrons. The maximum atomic E-state index is 12.7. The van der Waals surface area contributed by atoms with Crippen LogP contribution in [0.25, 0.3) is 0 Å². The van der Waals surface area contributed by atoms with Crippen LogP contribution in [0.5, 0.6) is 5.75 Å². The lowest BCUT2D eigenvalue weighted by Gasteiger charge is -2.06. The van der Waals surface area contributed by atoms with Crippen molar-refractivity contribution in [3.05, 3.63) is 45.8 Å². The fourth-order valence-electron chi connectivity index (χ4n) is 1.93. The minimum Gasteiger partial charge on any atom is -0.496 e. The first-order valence-corrected chi connectivity index (χ1v) is 6.38. The van der Waals surface area contributed by atoms with Crippen molar-refractivity contribution in [1.29, 1.82) is 0 Å². The maximum Gasteiger partial charge on any atom is 0.433 e. The van der Waals surface area contributed by atoms with E-state index in [2.05, 4.69) is 10.4 Å². The molecule has 0 fully saturated rings. The first kappa shape index (κ1) is 17.2. The number of methoxy groups -OCH3 is 1. The molecule has 0 aliphatic heterocycles. The van der Waals surface area contributed by atoms with Crippen LogP contribution in [0.15, 0.2) is 24.3 Å². The van der Waals surface area contributed by atoms with Crippen molar-refractivity contribution in [3.8, 4) is 5.75 Å². The van der Waals surface area contributed by atoms with Gasteiger partial charge in [0, 0.05) is 13.1 Å². The summed E-state index contributed by atoms with van der Waals surface area (Å²) in [5.74, 6) is -0.814. The second-order valence-electron chi connectivity index (χ2n) is 4.63. The van der Waals surface area contributed by atoms with Crippen LogP contribution < -0.4 is 10.1 Å². The van der Waals surface area contributed by atoms with Crippen LogP contribution in [-0.2, 0) is 13.2 Å². The van der Waals surface area contributed by atoms with E-state index in [1.54, 1.807) is 0 Å². The third-order valence-electron chi connectivity index (χ3n) is 3.05. The predicted molar refractivity (Wildman–Crippen MR) is 75.8 cm³/mol. The Kier molecular flexibility index (Phi) is 4.44. The second-order valence-corrected chi connectivity index (χ2v) is 4.63. The van der Waals surface area contributed by atoms with Gasteiger partial charge in [0.2, 0.25) is 0 Å². The van der Waals surface area contributed by atoms with E-state index in [0.29, 0.717) is 10.7 Å². The molecule has 0 atom stereocenters. The molecular formula is C13H11F3N4O4. The molecule has 1 amide bonds. The van der Waals surface area contributed by atoms with E-state index in [1.807, 2.05) is 0 Å². The number of halogens is 3. The largest absolute Gasteiger partial charge is 0.496 e. The number of rotatable bonds is 4. The van der Waals surface area contributed by atoms with Crippen molar-refractivity contribution in [2.24, 2.45) is 7.05 Å². The third kappa shape index (κ3) is 3.45. The number of alkyl halides is 3. The number of aromatic nitrogens is 2.